The summed E-state index contributed by atoms with van der Waals surface area (Å²) in [6.07, 6.45) is 3.26. The second-order valence-corrected chi connectivity index (χ2v) is 4.84. The first-order chi connectivity index (χ1) is 8.16. The van der Waals surface area contributed by atoms with Crippen molar-refractivity contribution in [1.29, 1.82) is 0 Å². The lowest BCUT2D eigenvalue weighted by Crippen LogP contribution is -2.40. The number of carboxylic acids is 1. The number of benzene rings is 1. The van der Waals surface area contributed by atoms with Gasteiger partial charge in [0.15, 0.2) is 0 Å². The predicted octanol–water partition coefficient (Wildman–Crippen LogP) is 2.39. The number of hydrogen-bond acceptors (Lipinski definition) is 2. The third kappa shape index (κ3) is 3.07. The van der Waals surface area contributed by atoms with Crippen molar-refractivity contribution in [2.45, 2.75) is 44.2 Å². The molecule has 1 aliphatic carbocycles. The minimum atomic E-state index is -0.770. The molecule has 2 rings (SSSR count). The van der Waals surface area contributed by atoms with Gasteiger partial charge in [0.25, 0.3) is 0 Å². The molecule has 3 atom stereocenters. The third-order valence-corrected chi connectivity index (χ3v) is 3.56. The summed E-state index contributed by atoms with van der Waals surface area (Å²) < 4.78 is 0. The molecule has 0 saturated heterocycles. The number of carboxylic acid groups (broad SMARTS) is 1. The van der Waals surface area contributed by atoms with Gasteiger partial charge in [-0.3, -0.25) is 4.79 Å². The zero-order chi connectivity index (χ0) is 12.3. The minimum absolute atomic E-state index is 0.339. The molecule has 0 aliphatic heterocycles. The molecule has 0 aromatic heterocycles. The van der Waals surface area contributed by atoms with Crippen molar-refractivity contribution in [1.82, 2.24) is 5.32 Å². The van der Waals surface area contributed by atoms with Crippen LogP contribution in [0.4, 0.5) is 0 Å². The molecule has 0 heterocycles. The van der Waals surface area contributed by atoms with E-state index in [-0.39, 0.29) is 0 Å². The number of carbonyl (C=O) groups is 1. The van der Waals surface area contributed by atoms with Gasteiger partial charge in [0, 0.05) is 6.04 Å². The highest BCUT2D eigenvalue weighted by molar-refractivity contribution is 5.72. The summed E-state index contributed by atoms with van der Waals surface area (Å²) in [5.41, 5.74) is 1.37. The van der Waals surface area contributed by atoms with Gasteiger partial charge < -0.3 is 10.4 Å². The maximum Gasteiger partial charge on any atom is 0.320 e. The van der Waals surface area contributed by atoms with E-state index in [0.29, 0.717) is 12.0 Å². The molecule has 1 aromatic carbocycles. The highest BCUT2D eigenvalue weighted by Crippen LogP contribution is 2.34. The monoisotopic (exact) mass is 233 g/mol. The SMILES string of the molecule is C[C@@H](NC1CCC(c2ccccc2)C1)C(=O)O. The van der Waals surface area contributed by atoms with Crippen molar-refractivity contribution >= 4 is 5.97 Å². The highest BCUT2D eigenvalue weighted by atomic mass is 16.4. The number of hydrogen-bond donors (Lipinski definition) is 2. The Kier molecular flexibility index (Phi) is 3.79. The van der Waals surface area contributed by atoms with Crippen LogP contribution in [-0.2, 0) is 4.79 Å². The third-order valence-electron chi connectivity index (χ3n) is 3.56. The van der Waals surface area contributed by atoms with Gasteiger partial charge in [-0.15, -0.1) is 0 Å². The zero-order valence-electron chi connectivity index (χ0n) is 10.1. The van der Waals surface area contributed by atoms with Crippen LogP contribution in [0.15, 0.2) is 30.3 Å². The molecule has 0 radical (unpaired) electrons. The Morgan fingerprint density at radius 1 is 1.35 bits per heavy atom. The average molecular weight is 233 g/mol. The van der Waals surface area contributed by atoms with Gasteiger partial charge in [0.2, 0.25) is 0 Å². The van der Waals surface area contributed by atoms with E-state index in [0.717, 1.165) is 19.3 Å². The summed E-state index contributed by atoms with van der Waals surface area (Å²) in [5, 5.41) is 12.0. The topological polar surface area (TPSA) is 49.3 Å². The summed E-state index contributed by atoms with van der Waals surface area (Å²) >= 11 is 0. The lowest BCUT2D eigenvalue weighted by atomic mass is 9.97. The van der Waals surface area contributed by atoms with E-state index in [1.54, 1.807) is 6.92 Å². The summed E-state index contributed by atoms with van der Waals surface area (Å²) in [7, 11) is 0. The smallest absolute Gasteiger partial charge is 0.320 e. The van der Waals surface area contributed by atoms with Crippen LogP contribution < -0.4 is 5.32 Å². The van der Waals surface area contributed by atoms with Crippen molar-refractivity contribution < 1.29 is 9.90 Å². The van der Waals surface area contributed by atoms with Gasteiger partial charge in [-0.25, -0.2) is 0 Å². The van der Waals surface area contributed by atoms with E-state index in [1.807, 2.05) is 6.07 Å². The molecular formula is C14H19NO2. The second kappa shape index (κ2) is 5.32. The van der Waals surface area contributed by atoms with E-state index in [2.05, 4.69) is 29.6 Å². The van der Waals surface area contributed by atoms with Gasteiger partial charge in [-0.1, -0.05) is 30.3 Å². The van der Waals surface area contributed by atoms with E-state index in [9.17, 15) is 4.79 Å². The first-order valence-corrected chi connectivity index (χ1v) is 6.20. The number of aliphatic carboxylic acids is 1. The van der Waals surface area contributed by atoms with Crippen LogP contribution >= 0.6 is 0 Å². The van der Waals surface area contributed by atoms with Gasteiger partial charge in [0.1, 0.15) is 6.04 Å². The summed E-state index contributed by atoms with van der Waals surface area (Å²) in [4.78, 5) is 10.8. The Balaban J connectivity index is 1.90. The Morgan fingerprint density at radius 2 is 2.06 bits per heavy atom. The Hall–Kier alpha value is -1.35. The van der Waals surface area contributed by atoms with Crippen LogP contribution in [0.2, 0.25) is 0 Å². The second-order valence-electron chi connectivity index (χ2n) is 4.84. The predicted molar refractivity (Wildman–Crippen MR) is 67.1 cm³/mol. The first kappa shape index (κ1) is 12.1. The maximum absolute atomic E-state index is 10.8. The maximum atomic E-state index is 10.8. The fraction of sp³-hybridized carbons (Fsp3) is 0.500. The summed E-state index contributed by atoms with van der Waals surface area (Å²) in [6.45, 7) is 1.71. The molecule has 1 fully saturated rings. The lowest BCUT2D eigenvalue weighted by Gasteiger charge is -2.16. The summed E-state index contributed by atoms with van der Waals surface area (Å²) in [6, 6.07) is 10.4. The summed E-state index contributed by atoms with van der Waals surface area (Å²) in [5.74, 6) is -0.192. The number of nitrogens with one attached hydrogen (secondary N) is 1. The van der Waals surface area contributed by atoms with Crippen molar-refractivity contribution in [3.63, 3.8) is 0 Å². The molecule has 0 amide bonds. The number of rotatable bonds is 4. The molecule has 92 valence electrons. The van der Waals surface area contributed by atoms with Crippen LogP contribution in [-0.4, -0.2) is 23.2 Å². The van der Waals surface area contributed by atoms with E-state index in [4.69, 9.17) is 5.11 Å². The lowest BCUT2D eigenvalue weighted by molar-refractivity contribution is -0.139. The Bertz CT molecular complexity index is 377. The molecule has 1 saturated carbocycles. The largest absolute Gasteiger partial charge is 0.480 e. The molecule has 1 aliphatic rings. The van der Waals surface area contributed by atoms with Gasteiger partial charge >= 0.3 is 5.97 Å². The average Bonchev–Trinajstić information content (AvgIpc) is 2.78. The molecule has 1 aromatic rings. The van der Waals surface area contributed by atoms with Crippen LogP contribution in [0.3, 0.4) is 0 Å². The van der Waals surface area contributed by atoms with Crippen LogP contribution in [0.25, 0.3) is 0 Å². The van der Waals surface area contributed by atoms with E-state index >= 15 is 0 Å². The van der Waals surface area contributed by atoms with Crippen LogP contribution in [0, 0.1) is 0 Å². The molecular weight excluding hydrogens is 214 g/mol. The molecule has 0 bridgehead atoms. The quantitative estimate of drug-likeness (QED) is 0.839. The van der Waals surface area contributed by atoms with E-state index < -0.39 is 12.0 Å². The normalized spacial score (nSPS) is 25.7. The fourth-order valence-corrected chi connectivity index (χ4v) is 2.59. The molecule has 3 heteroatoms. The van der Waals surface area contributed by atoms with Gasteiger partial charge in [-0.2, -0.15) is 0 Å². The molecule has 3 nitrogen and oxygen atoms in total. The Labute approximate surface area is 102 Å². The van der Waals surface area contributed by atoms with Crippen LogP contribution in [0.5, 0.6) is 0 Å². The van der Waals surface area contributed by atoms with Crippen molar-refractivity contribution in [2.75, 3.05) is 0 Å². The minimum Gasteiger partial charge on any atom is -0.480 e. The molecule has 17 heavy (non-hydrogen) atoms. The van der Waals surface area contributed by atoms with Gasteiger partial charge in [-0.05, 0) is 37.7 Å². The molecule has 0 spiro atoms. The standard InChI is InChI=1S/C14H19NO2/c1-10(14(16)17)15-13-8-7-12(9-13)11-5-3-2-4-6-11/h2-6,10,12-13,15H,7-9H2,1H3,(H,16,17)/t10-,12?,13?/m1/s1. The van der Waals surface area contributed by atoms with Crippen molar-refractivity contribution in [3.05, 3.63) is 35.9 Å². The highest BCUT2D eigenvalue weighted by Gasteiger charge is 2.27. The van der Waals surface area contributed by atoms with Gasteiger partial charge in [0.05, 0.1) is 0 Å². The fourth-order valence-electron chi connectivity index (χ4n) is 2.59. The van der Waals surface area contributed by atoms with Crippen molar-refractivity contribution in [3.8, 4) is 0 Å². The Morgan fingerprint density at radius 3 is 2.71 bits per heavy atom. The van der Waals surface area contributed by atoms with E-state index in [1.165, 1.54) is 5.56 Å². The molecule has 2 unspecified atom stereocenters. The van der Waals surface area contributed by atoms with Crippen molar-refractivity contribution in [2.24, 2.45) is 0 Å². The molecule has 2 N–H and O–H groups in total. The zero-order valence-corrected chi connectivity index (χ0v) is 10.1. The first-order valence-electron chi connectivity index (χ1n) is 6.20. The van der Waals surface area contributed by atoms with Crippen LogP contribution in [0.1, 0.15) is 37.7 Å².